The molecule has 3 rings (SSSR count). The first-order valence-corrected chi connectivity index (χ1v) is 9.48. The average Bonchev–Trinajstić information content (AvgIpc) is 3.20. The molecular formula is C22H24N4O3. The molecule has 7 heteroatoms. The van der Waals surface area contributed by atoms with E-state index in [4.69, 9.17) is 0 Å². The van der Waals surface area contributed by atoms with Crippen molar-refractivity contribution in [2.45, 2.75) is 26.3 Å². The molecular weight excluding hydrogens is 368 g/mol. The number of aldehydes is 1. The largest absolute Gasteiger partial charge is 0.357 e. The van der Waals surface area contributed by atoms with E-state index in [0.717, 1.165) is 16.6 Å². The van der Waals surface area contributed by atoms with Crippen molar-refractivity contribution >= 4 is 29.1 Å². The van der Waals surface area contributed by atoms with Gasteiger partial charge in [0.1, 0.15) is 12.3 Å². The van der Waals surface area contributed by atoms with E-state index in [1.807, 2.05) is 32.0 Å². The van der Waals surface area contributed by atoms with Crippen LogP contribution in [0, 0.1) is 5.92 Å². The van der Waals surface area contributed by atoms with Crippen molar-refractivity contribution < 1.29 is 14.4 Å². The third kappa shape index (κ3) is 4.51. The van der Waals surface area contributed by atoms with Gasteiger partial charge in [0.25, 0.3) is 5.91 Å². The lowest BCUT2D eigenvalue weighted by Crippen LogP contribution is -2.46. The predicted molar refractivity (Wildman–Crippen MR) is 112 cm³/mol. The zero-order valence-electron chi connectivity index (χ0n) is 16.7. The van der Waals surface area contributed by atoms with E-state index in [1.165, 1.54) is 13.1 Å². The van der Waals surface area contributed by atoms with Gasteiger partial charge >= 0.3 is 0 Å². The second-order valence-electron chi connectivity index (χ2n) is 7.34. The highest BCUT2D eigenvalue weighted by Gasteiger charge is 2.22. The number of hydrogen-bond acceptors (Lipinski definition) is 4. The van der Waals surface area contributed by atoms with Crippen molar-refractivity contribution in [2.75, 3.05) is 7.05 Å². The summed E-state index contributed by atoms with van der Waals surface area (Å²) in [7, 11) is 1.54. The minimum Gasteiger partial charge on any atom is -0.357 e. The fraction of sp³-hybridized carbons (Fsp3) is 0.273. The average molecular weight is 392 g/mol. The second-order valence-corrected chi connectivity index (χ2v) is 7.34. The van der Waals surface area contributed by atoms with Crippen LogP contribution in [-0.2, 0) is 4.79 Å². The standard InChI is InChI=1S/C22H24N4O3/c1-13(2)7-19(22(29)23-3)26-21(28)16-9-14(11-27)8-15(10-16)17-5-4-6-18-20(17)25-12-24-18/h4-6,8-13,19H,7H2,1-3H3,(H,23,29)(H,24,25)(H,26,28)/t19-/m1/s1. The highest BCUT2D eigenvalue weighted by Crippen LogP contribution is 2.28. The first-order valence-electron chi connectivity index (χ1n) is 9.48. The SMILES string of the molecule is CNC(=O)[C@@H](CC(C)C)NC(=O)c1cc(C=O)cc(-c2cccc3[nH]cnc23)c1. The lowest BCUT2D eigenvalue weighted by Gasteiger charge is -2.19. The van der Waals surface area contributed by atoms with Gasteiger partial charge in [0.2, 0.25) is 5.91 Å². The topological polar surface area (TPSA) is 104 Å². The van der Waals surface area contributed by atoms with Gasteiger partial charge in [-0.05, 0) is 42.2 Å². The molecule has 2 amide bonds. The number of para-hydroxylation sites is 1. The van der Waals surface area contributed by atoms with E-state index >= 15 is 0 Å². The van der Waals surface area contributed by atoms with Crippen molar-refractivity contribution in [1.82, 2.24) is 20.6 Å². The van der Waals surface area contributed by atoms with Gasteiger partial charge in [0.15, 0.2) is 0 Å². The van der Waals surface area contributed by atoms with Gasteiger partial charge < -0.3 is 15.6 Å². The summed E-state index contributed by atoms with van der Waals surface area (Å²) in [4.78, 5) is 43.9. The number of benzene rings is 2. The maximum Gasteiger partial charge on any atom is 0.251 e. The van der Waals surface area contributed by atoms with Crippen LogP contribution in [0.15, 0.2) is 42.7 Å². The highest BCUT2D eigenvalue weighted by atomic mass is 16.2. The number of hydrogen-bond donors (Lipinski definition) is 3. The number of nitrogens with one attached hydrogen (secondary N) is 3. The number of H-pyrrole nitrogens is 1. The number of carbonyl (C=O) groups excluding carboxylic acids is 3. The quantitative estimate of drug-likeness (QED) is 0.538. The van der Waals surface area contributed by atoms with Crippen molar-refractivity contribution in [3.63, 3.8) is 0 Å². The van der Waals surface area contributed by atoms with Gasteiger partial charge in [-0.3, -0.25) is 14.4 Å². The zero-order valence-corrected chi connectivity index (χ0v) is 16.7. The number of imidazole rings is 1. The molecule has 0 aliphatic rings. The van der Waals surface area contributed by atoms with E-state index in [1.54, 1.807) is 18.5 Å². The molecule has 0 spiro atoms. The Hall–Kier alpha value is -3.48. The molecule has 0 radical (unpaired) electrons. The molecule has 0 unspecified atom stereocenters. The molecule has 0 saturated carbocycles. The van der Waals surface area contributed by atoms with Crippen LogP contribution >= 0.6 is 0 Å². The zero-order chi connectivity index (χ0) is 21.0. The normalized spacial score (nSPS) is 12.0. The van der Waals surface area contributed by atoms with Crippen molar-refractivity contribution in [3.05, 3.63) is 53.9 Å². The van der Waals surface area contributed by atoms with E-state index < -0.39 is 11.9 Å². The molecule has 1 heterocycles. The van der Waals surface area contributed by atoms with E-state index in [2.05, 4.69) is 20.6 Å². The van der Waals surface area contributed by atoms with Gasteiger partial charge in [-0.1, -0.05) is 26.0 Å². The molecule has 0 bridgehead atoms. The summed E-state index contributed by atoms with van der Waals surface area (Å²) in [5.41, 5.74) is 3.83. The first-order chi connectivity index (χ1) is 13.9. The third-order valence-electron chi connectivity index (χ3n) is 4.69. The highest BCUT2D eigenvalue weighted by molar-refractivity contribution is 6.01. The predicted octanol–water partition coefficient (Wildman–Crippen LogP) is 2.93. The van der Waals surface area contributed by atoms with E-state index in [9.17, 15) is 14.4 Å². The molecule has 2 aromatic carbocycles. The number of amides is 2. The van der Waals surface area contributed by atoms with Gasteiger partial charge in [-0.2, -0.15) is 0 Å². The van der Waals surface area contributed by atoms with Gasteiger partial charge in [-0.25, -0.2) is 4.98 Å². The smallest absolute Gasteiger partial charge is 0.251 e. The molecule has 0 fully saturated rings. The Labute approximate surface area is 168 Å². The van der Waals surface area contributed by atoms with Crippen molar-refractivity contribution in [3.8, 4) is 11.1 Å². The Morgan fingerprint density at radius 1 is 1.21 bits per heavy atom. The molecule has 1 aromatic heterocycles. The van der Waals surface area contributed by atoms with Crippen LogP contribution < -0.4 is 10.6 Å². The summed E-state index contributed by atoms with van der Waals surface area (Å²) in [6, 6.07) is 9.98. The molecule has 3 N–H and O–H groups in total. The molecule has 0 saturated heterocycles. The number of rotatable bonds is 7. The van der Waals surface area contributed by atoms with Gasteiger partial charge in [-0.15, -0.1) is 0 Å². The summed E-state index contributed by atoms with van der Waals surface area (Å²) in [5.74, 6) is -0.426. The maximum absolute atomic E-state index is 12.9. The summed E-state index contributed by atoms with van der Waals surface area (Å²) < 4.78 is 0. The van der Waals surface area contributed by atoms with Crippen LogP contribution in [0.1, 0.15) is 41.0 Å². The molecule has 7 nitrogen and oxygen atoms in total. The molecule has 150 valence electrons. The third-order valence-corrected chi connectivity index (χ3v) is 4.69. The number of fused-ring (bicyclic) bond motifs is 1. The number of likely N-dealkylation sites (N-methyl/N-ethyl adjacent to an activating group) is 1. The second kappa shape index (κ2) is 8.68. The lowest BCUT2D eigenvalue weighted by atomic mass is 9.98. The Bertz CT molecular complexity index is 1060. The van der Waals surface area contributed by atoms with Crippen LogP contribution in [0.25, 0.3) is 22.2 Å². The number of aromatic nitrogens is 2. The van der Waals surface area contributed by atoms with Crippen LogP contribution in [0.5, 0.6) is 0 Å². The van der Waals surface area contributed by atoms with Crippen molar-refractivity contribution in [2.24, 2.45) is 5.92 Å². The monoisotopic (exact) mass is 392 g/mol. The van der Waals surface area contributed by atoms with Gasteiger partial charge in [0, 0.05) is 23.7 Å². The molecule has 0 aliphatic heterocycles. The summed E-state index contributed by atoms with van der Waals surface area (Å²) in [5, 5.41) is 5.37. The van der Waals surface area contributed by atoms with Crippen LogP contribution in [-0.4, -0.2) is 41.2 Å². The number of nitrogens with zero attached hydrogens (tertiary/aromatic N) is 1. The Kier molecular flexibility index (Phi) is 6.07. The Balaban J connectivity index is 1.98. The van der Waals surface area contributed by atoms with Crippen LogP contribution in [0.3, 0.4) is 0 Å². The fourth-order valence-corrected chi connectivity index (χ4v) is 3.32. The summed E-state index contributed by atoms with van der Waals surface area (Å²) in [6.45, 7) is 3.97. The fourth-order valence-electron chi connectivity index (χ4n) is 3.32. The van der Waals surface area contributed by atoms with Crippen molar-refractivity contribution in [1.29, 1.82) is 0 Å². The van der Waals surface area contributed by atoms with E-state index in [0.29, 0.717) is 29.4 Å². The summed E-state index contributed by atoms with van der Waals surface area (Å²) in [6.07, 6.45) is 2.82. The number of aromatic amines is 1. The van der Waals surface area contributed by atoms with E-state index in [-0.39, 0.29) is 11.8 Å². The molecule has 0 aliphatic carbocycles. The summed E-state index contributed by atoms with van der Waals surface area (Å²) >= 11 is 0. The lowest BCUT2D eigenvalue weighted by molar-refractivity contribution is -0.122. The van der Waals surface area contributed by atoms with Gasteiger partial charge in [0.05, 0.1) is 17.4 Å². The van der Waals surface area contributed by atoms with Crippen LogP contribution in [0.2, 0.25) is 0 Å². The minimum absolute atomic E-state index is 0.228. The number of carbonyl (C=O) groups is 3. The Morgan fingerprint density at radius 2 is 2.00 bits per heavy atom. The Morgan fingerprint density at radius 3 is 2.69 bits per heavy atom. The van der Waals surface area contributed by atoms with Crippen LogP contribution in [0.4, 0.5) is 0 Å². The first kappa shape index (κ1) is 20.3. The molecule has 1 atom stereocenters. The minimum atomic E-state index is -0.648. The molecule has 3 aromatic rings. The molecule has 29 heavy (non-hydrogen) atoms. The maximum atomic E-state index is 12.9.